The highest BCUT2D eigenvalue weighted by atomic mass is 31.2. The average molecular weight is 379 g/mol. The summed E-state index contributed by atoms with van der Waals surface area (Å²) in [4.78, 5) is 9.21. The van der Waals surface area contributed by atoms with Crippen molar-refractivity contribution in [2.75, 3.05) is 6.61 Å². The van der Waals surface area contributed by atoms with Crippen LogP contribution in [0, 0.1) is 0 Å². The molecule has 25 heavy (non-hydrogen) atoms. The third kappa shape index (κ3) is 10.7. The third-order valence-electron chi connectivity index (χ3n) is 4.92. The summed E-state index contributed by atoms with van der Waals surface area (Å²) in [6, 6.07) is -0.678. The zero-order valence-corrected chi connectivity index (χ0v) is 16.6. The summed E-state index contributed by atoms with van der Waals surface area (Å²) >= 11 is 0. The molecule has 1 aliphatic rings. The molecule has 6 nitrogen and oxygen atoms in total. The molecule has 1 fully saturated rings. The van der Waals surface area contributed by atoms with Crippen LogP contribution in [0.5, 0.6) is 0 Å². The van der Waals surface area contributed by atoms with Gasteiger partial charge in [-0.1, -0.05) is 84.0 Å². The first kappa shape index (κ1) is 23.1. The lowest BCUT2D eigenvalue weighted by atomic mass is 10.00. The van der Waals surface area contributed by atoms with Crippen molar-refractivity contribution in [1.29, 1.82) is 0 Å². The molecule has 150 valence electrons. The zero-order valence-electron chi connectivity index (χ0n) is 15.7. The minimum atomic E-state index is -3.77. The Bertz CT molecular complexity index is 382. The molecule has 0 aromatic heterocycles. The molecule has 1 saturated heterocycles. The fraction of sp³-hybridized carbons (Fsp3) is 1.00. The zero-order chi connectivity index (χ0) is 18.5. The van der Waals surface area contributed by atoms with Gasteiger partial charge >= 0.3 is 7.75 Å². The van der Waals surface area contributed by atoms with Crippen LogP contribution in [0.1, 0.15) is 90.4 Å². The van der Waals surface area contributed by atoms with E-state index in [-0.39, 0.29) is 6.61 Å². The Morgan fingerprint density at radius 2 is 1.44 bits per heavy atom. The van der Waals surface area contributed by atoms with Gasteiger partial charge in [-0.15, -0.1) is 0 Å². The Balaban J connectivity index is 1.91. The number of rotatable bonds is 15. The van der Waals surface area contributed by atoms with E-state index in [2.05, 4.69) is 16.5 Å². The second-order valence-electron chi connectivity index (χ2n) is 7.29. The van der Waals surface area contributed by atoms with E-state index in [0.29, 0.717) is 6.42 Å². The Morgan fingerprint density at radius 3 is 1.88 bits per heavy atom. The van der Waals surface area contributed by atoms with E-state index in [1.54, 1.807) is 0 Å². The topological polar surface area (TPSA) is 99.0 Å². The first-order valence-corrected chi connectivity index (χ1v) is 11.7. The Morgan fingerprint density at radius 1 is 0.960 bits per heavy atom. The lowest BCUT2D eigenvalue weighted by Crippen LogP contribution is -2.43. The van der Waals surface area contributed by atoms with E-state index in [1.165, 1.54) is 57.8 Å². The van der Waals surface area contributed by atoms with Gasteiger partial charge in [0.2, 0.25) is 0 Å². The van der Waals surface area contributed by atoms with E-state index < -0.39 is 26.0 Å². The minimum absolute atomic E-state index is 0.0511. The summed E-state index contributed by atoms with van der Waals surface area (Å²) in [5.74, 6) is 0. The molecule has 7 heteroatoms. The first-order chi connectivity index (χ1) is 12.0. The third-order valence-corrected chi connectivity index (χ3v) is 6.07. The molecule has 0 bridgehead atoms. The van der Waals surface area contributed by atoms with Gasteiger partial charge in [-0.3, -0.25) is 4.52 Å². The van der Waals surface area contributed by atoms with E-state index >= 15 is 0 Å². The number of unbranched alkanes of at least 4 members (excludes halogenated alkanes) is 11. The molecule has 1 heterocycles. The number of hydrogen-bond acceptors (Lipinski definition) is 4. The summed E-state index contributed by atoms with van der Waals surface area (Å²) in [6.07, 6.45) is 13.6. The fourth-order valence-electron chi connectivity index (χ4n) is 3.27. The molecule has 0 aromatic rings. The van der Waals surface area contributed by atoms with Crippen LogP contribution in [-0.2, 0) is 9.09 Å². The molecular weight excluding hydrogens is 341 g/mol. The molecule has 4 N–H and O–H groups in total. The van der Waals surface area contributed by atoms with Crippen LogP contribution in [0.3, 0.4) is 0 Å². The number of nitrogens with one attached hydrogen (secondary N) is 1. The van der Waals surface area contributed by atoms with Gasteiger partial charge in [-0.2, -0.15) is 0 Å². The molecule has 2 unspecified atom stereocenters. The van der Waals surface area contributed by atoms with Crippen LogP contribution in [0.25, 0.3) is 0 Å². The molecule has 0 aliphatic carbocycles. The van der Waals surface area contributed by atoms with Crippen molar-refractivity contribution >= 4 is 7.75 Å². The summed E-state index contributed by atoms with van der Waals surface area (Å²) in [6.45, 7) is 2.19. The van der Waals surface area contributed by atoms with Crippen LogP contribution in [-0.4, -0.2) is 40.0 Å². The normalized spacial score (nSPS) is 26.0. The predicted octanol–water partition coefficient (Wildman–Crippen LogP) is 3.89. The van der Waals surface area contributed by atoms with Crippen molar-refractivity contribution in [1.82, 2.24) is 5.09 Å². The van der Waals surface area contributed by atoms with Crippen molar-refractivity contribution in [3.63, 3.8) is 0 Å². The molecule has 0 amide bonds. The van der Waals surface area contributed by atoms with Crippen molar-refractivity contribution < 1.29 is 24.2 Å². The van der Waals surface area contributed by atoms with Crippen molar-refractivity contribution in [2.45, 2.75) is 109 Å². The van der Waals surface area contributed by atoms with Crippen LogP contribution < -0.4 is 5.09 Å². The lowest BCUT2D eigenvalue weighted by Gasteiger charge is -2.22. The van der Waals surface area contributed by atoms with Crippen LogP contribution >= 0.6 is 7.75 Å². The van der Waals surface area contributed by atoms with E-state index in [9.17, 15) is 19.7 Å². The predicted molar refractivity (Wildman–Crippen MR) is 100 cm³/mol. The van der Waals surface area contributed by atoms with Crippen LogP contribution in [0.15, 0.2) is 0 Å². The number of aliphatic hydroxyl groups is 2. The van der Waals surface area contributed by atoms with Gasteiger partial charge < -0.3 is 15.1 Å². The SMILES string of the molecule is CCCCCCCCCCCCCC[C@@H](O)[C@@H](O)C1COP(=O)(O)N1. The molecule has 0 aromatic carbocycles. The number of hydrogen-bond donors (Lipinski definition) is 4. The quantitative estimate of drug-likeness (QED) is 0.254. The maximum absolute atomic E-state index is 11.3. The largest absolute Gasteiger partial charge is 0.403 e. The van der Waals surface area contributed by atoms with Crippen LogP contribution in [0.2, 0.25) is 0 Å². The summed E-state index contributed by atoms with van der Waals surface area (Å²) in [7, 11) is -3.77. The van der Waals surface area contributed by atoms with Gasteiger partial charge in [-0.25, -0.2) is 9.65 Å². The van der Waals surface area contributed by atoms with Crippen molar-refractivity contribution in [2.24, 2.45) is 0 Å². The highest BCUT2D eigenvalue weighted by molar-refractivity contribution is 7.50. The lowest BCUT2D eigenvalue weighted by molar-refractivity contribution is -0.00719. The summed E-state index contributed by atoms with van der Waals surface area (Å²) < 4.78 is 15.9. The number of aliphatic hydroxyl groups excluding tert-OH is 2. The standard InChI is InChI=1S/C18H38NO5P/c1-2-3-4-5-6-7-8-9-10-11-12-13-14-17(20)18(21)16-15-24-25(22,23)19-16/h16-18,20-21H,2-15H2,1H3,(H2,19,22,23)/t16?,17-,18+/m1/s1. The average Bonchev–Trinajstić information content (AvgIpc) is 2.95. The minimum Gasteiger partial charge on any atom is -0.390 e. The molecule has 0 radical (unpaired) electrons. The second kappa shape index (κ2) is 13.2. The van der Waals surface area contributed by atoms with Gasteiger partial charge in [0, 0.05) is 0 Å². The van der Waals surface area contributed by atoms with Crippen molar-refractivity contribution in [3.05, 3.63) is 0 Å². The molecule has 4 atom stereocenters. The van der Waals surface area contributed by atoms with Gasteiger partial charge in [0.05, 0.1) is 24.9 Å². The molecule has 1 aliphatic heterocycles. The van der Waals surface area contributed by atoms with Gasteiger partial charge in [0.15, 0.2) is 0 Å². The fourth-order valence-corrected chi connectivity index (χ4v) is 4.36. The molecular formula is C18H38NO5P. The van der Waals surface area contributed by atoms with Gasteiger partial charge in [-0.05, 0) is 6.42 Å². The van der Waals surface area contributed by atoms with E-state index in [1.807, 2.05) is 0 Å². The van der Waals surface area contributed by atoms with Gasteiger partial charge in [0.1, 0.15) is 0 Å². The summed E-state index contributed by atoms with van der Waals surface area (Å²) in [5.41, 5.74) is 0. The Kier molecular flexibility index (Phi) is 12.2. The Labute approximate surface area is 153 Å². The highest BCUT2D eigenvalue weighted by Gasteiger charge is 2.39. The Hall–Kier alpha value is 0.0300. The maximum Gasteiger partial charge on any atom is 0.403 e. The molecule has 0 saturated carbocycles. The molecule has 1 rings (SSSR count). The monoisotopic (exact) mass is 379 g/mol. The van der Waals surface area contributed by atoms with E-state index in [0.717, 1.165) is 19.3 Å². The smallest absolute Gasteiger partial charge is 0.390 e. The van der Waals surface area contributed by atoms with Gasteiger partial charge in [0.25, 0.3) is 0 Å². The summed E-state index contributed by atoms with van der Waals surface area (Å²) in [5, 5.41) is 22.3. The van der Waals surface area contributed by atoms with Crippen LogP contribution in [0.4, 0.5) is 0 Å². The second-order valence-corrected chi connectivity index (χ2v) is 8.84. The van der Waals surface area contributed by atoms with E-state index in [4.69, 9.17) is 0 Å². The van der Waals surface area contributed by atoms with Crippen molar-refractivity contribution in [3.8, 4) is 0 Å². The molecule has 0 spiro atoms. The maximum atomic E-state index is 11.3. The highest BCUT2D eigenvalue weighted by Crippen LogP contribution is 2.43. The first-order valence-electron chi connectivity index (χ1n) is 10.1.